The number of nitrogens with one attached hydrogen (secondary N) is 3. The van der Waals surface area contributed by atoms with Crippen molar-refractivity contribution < 1.29 is 9.13 Å². The van der Waals surface area contributed by atoms with Crippen molar-refractivity contribution in [3.63, 3.8) is 0 Å². The molecule has 0 radical (unpaired) electrons. The largest absolute Gasteiger partial charge is 0.457 e. The van der Waals surface area contributed by atoms with Gasteiger partial charge in [0.05, 0.1) is 11.3 Å². The van der Waals surface area contributed by atoms with Gasteiger partial charge >= 0.3 is 0 Å². The first-order valence-electron chi connectivity index (χ1n) is 10.2. The van der Waals surface area contributed by atoms with E-state index in [2.05, 4.69) is 27.5 Å². The van der Waals surface area contributed by atoms with Crippen LogP contribution in [0.15, 0.2) is 54.9 Å². The average molecular weight is 423 g/mol. The first-order valence-corrected chi connectivity index (χ1v) is 10.2. The van der Waals surface area contributed by atoms with Crippen molar-refractivity contribution in [1.29, 1.82) is 5.41 Å². The Balaban J connectivity index is 1.88. The van der Waals surface area contributed by atoms with Crippen LogP contribution in [0.2, 0.25) is 0 Å². The maximum Gasteiger partial charge on any atom is 0.141 e. The van der Waals surface area contributed by atoms with Crippen molar-refractivity contribution in [3.05, 3.63) is 71.8 Å². The van der Waals surface area contributed by atoms with Crippen LogP contribution in [-0.4, -0.2) is 35.3 Å². The molecule has 2 aromatic carbocycles. The molecular weight excluding hydrogens is 395 g/mol. The molecule has 0 spiro atoms. The van der Waals surface area contributed by atoms with Crippen molar-refractivity contribution in [3.8, 4) is 11.5 Å². The van der Waals surface area contributed by atoms with E-state index in [4.69, 9.17) is 15.9 Å². The molecule has 0 aliphatic carbocycles. The van der Waals surface area contributed by atoms with Crippen LogP contribution in [0, 0.1) is 11.2 Å². The number of halogens is 1. The van der Waals surface area contributed by atoms with Gasteiger partial charge in [0.2, 0.25) is 0 Å². The van der Waals surface area contributed by atoms with Crippen LogP contribution in [0.3, 0.4) is 0 Å². The number of hydrogen-bond acceptors (Lipinski definition) is 7. The first-order chi connectivity index (χ1) is 15.0. The SMILES string of the molecule is CCCC(CNC)Nc1ncnc(N)c1C(=N)c1ccc(Oc2ccccc2)cc1F. The Bertz CT molecular complexity index is 1020. The van der Waals surface area contributed by atoms with Crippen LogP contribution >= 0.6 is 0 Å². The number of para-hydroxylation sites is 1. The standard InChI is InChI=1S/C23H27FN6O/c1-3-7-15(13-27-2)30-23-20(22(26)28-14-29-23)21(25)18-11-10-17(12-19(18)24)31-16-8-5-4-6-9-16/h4-6,8-12,14-15,25,27H,3,7,13H2,1-2H3,(H3,26,28,29,30). The molecule has 0 saturated carbocycles. The third-order valence-corrected chi connectivity index (χ3v) is 4.74. The Morgan fingerprint density at radius 3 is 2.61 bits per heavy atom. The normalized spacial score (nSPS) is 11.7. The highest BCUT2D eigenvalue weighted by molar-refractivity contribution is 6.16. The van der Waals surface area contributed by atoms with E-state index in [1.165, 1.54) is 18.5 Å². The van der Waals surface area contributed by atoms with Crippen molar-refractivity contribution in [2.45, 2.75) is 25.8 Å². The van der Waals surface area contributed by atoms with E-state index in [0.29, 0.717) is 23.9 Å². The quantitative estimate of drug-likeness (QED) is 0.365. The van der Waals surface area contributed by atoms with Gasteiger partial charge in [-0.25, -0.2) is 14.4 Å². The van der Waals surface area contributed by atoms with Gasteiger partial charge in [0, 0.05) is 24.2 Å². The van der Waals surface area contributed by atoms with E-state index in [1.54, 1.807) is 18.2 Å². The van der Waals surface area contributed by atoms with Crippen LogP contribution in [0.25, 0.3) is 0 Å². The monoisotopic (exact) mass is 422 g/mol. The van der Waals surface area contributed by atoms with E-state index in [-0.39, 0.29) is 28.7 Å². The summed E-state index contributed by atoms with van der Waals surface area (Å²) < 4.78 is 20.6. The maximum absolute atomic E-state index is 14.9. The van der Waals surface area contributed by atoms with Gasteiger partial charge < -0.3 is 21.1 Å². The van der Waals surface area contributed by atoms with Gasteiger partial charge in [0.25, 0.3) is 0 Å². The molecule has 31 heavy (non-hydrogen) atoms. The molecule has 7 nitrogen and oxygen atoms in total. The smallest absolute Gasteiger partial charge is 0.141 e. The lowest BCUT2D eigenvalue weighted by Crippen LogP contribution is -2.32. The highest BCUT2D eigenvalue weighted by Gasteiger charge is 2.21. The van der Waals surface area contributed by atoms with E-state index >= 15 is 0 Å². The van der Waals surface area contributed by atoms with Crippen LogP contribution in [-0.2, 0) is 0 Å². The van der Waals surface area contributed by atoms with Crippen molar-refractivity contribution in [1.82, 2.24) is 15.3 Å². The summed E-state index contributed by atoms with van der Waals surface area (Å²) in [7, 11) is 1.87. The minimum Gasteiger partial charge on any atom is -0.457 e. The van der Waals surface area contributed by atoms with Gasteiger partial charge in [-0.1, -0.05) is 31.5 Å². The lowest BCUT2D eigenvalue weighted by molar-refractivity contribution is 0.476. The van der Waals surface area contributed by atoms with Crippen molar-refractivity contribution in [2.75, 3.05) is 24.6 Å². The van der Waals surface area contributed by atoms with E-state index in [9.17, 15) is 4.39 Å². The summed E-state index contributed by atoms with van der Waals surface area (Å²) >= 11 is 0. The summed E-state index contributed by atoms with van der Waals surface area (Å²) in [5.41, 5.74) is 6.34. The Labute approximate surface area is 181 Å². The Hall–Kier alpha value is -3.52. The zero-order valence-corrected chi connectivity index (χ0v) is 17.7. The molecule has 0 fully saturated rings. The third kappa shape index (κ3) is 5.55. The van der Waals surface area contributed by atoms with Gasteiger partial charge in [0.15, 0.2) is 0 Å². The van der Waals surface area contributed by atoms with Crippen LogP contribution in [0.1, 0.15) is 30.9 Å². The second-order valence-electron chi connectivity index (χ2n) is 7.10. The summed E-state index contributed by atoms with van der Waals surface area (Å²) in [4.78, 5) is 8.29. The van der Waals surface area contributed by atoms with Gasteiger partial charge in [0.1, 0.15) is 35.3 Å². The molecule has 0 amide bonds. The molecule has 5 N–H and O–H groups in total. The Morgan fingerprint density at radius 1 is 1.16 bits per heavy atom. The Kier molecular flexibility index (Phi) is 7.50. The zero-order valence-electron chi connectivity index (χ0n) is 17.7. The molecule has 3 rings (SSSR count). The van der Waals surface area contributed by atoms with E-state index in [0.717, 1.165) is 12.8 Å². The predicted octanol–water partition coefficient (Wildman–Crippen LogP) is 4.21. The molecule has 3 aromatic rings. The number of rotatable bonds is 10. The Morgan fingerprint density at radius 2 is 1.94 bits per heavy atom. The van der Waals surface area contributed by atoms with Gasteiger partial charge in [-0.05, 0) is 37.7 Å². The highest BCUT2D eigenvalue weighted by atomic mass is 19.1. The molecule has 1 aromatic heterocycles. The number of ether oxygens (including phenoxy) is 1. The van der Waals surface area contributed by atoms with Crippen molar-refractivity contribution in [2.24, 2.45) is 0 Å². The molecule has 0 aliphatic heterocycles. The summed E-state index contributed by atoms with van der Waals surface area (Å²) in [6.45, 7) is 2.81. The minimum absolute atomic E-state index is 0.0855. The average Bonchev–Trinajstić information content (AvgIpc) is 2.75. The second-order valence-corrected chi connectivity index (χ2v) is 7.10. The molecule has 8 heteroatoms. The van der Waals surface area contributed by atoms with Crippen LogP contribution in [0.5, 0.6) is 11.5 Å². The predicted molar refractivity (Wildman–Crippen MR) is 122 cm³/mol. The van der Waals surface area contributed by atoms with E-state index in [1.807, 2.05) is 25.2 Å². The molecule has 1 atom stereocenters. The fraction of sp³-hybridized carbons (Fsp3) is 0.261. The highest BCUT2D eigenvalue weighted by Crippen LogP contribution is 2.27. The molecule has 0 bridgehead atoms. The second kappa shape index (κ2) is 10.5. The van der Waals surface area contributed by atoms with Crippen LogP contribution < -0.4 is 21.1 Å². The number of aromatic nitrogens is 2. The lowest BCUT2D eigenvalue weighted by Gasteiger charge is -2.21. The van der Waals surface area contributed by atoms with Gasteiger partial charge in [-0.2, -0.15) is 0 Å². The molecular formula is C23H27FN6O. The number of likely N-dealkylation sites (N-methyl/N-ethyl adjacent to an activating group) is 1. The first kappa shape index (κ1) is 22.2. The summed E-state index contributed by atoms with van der Waals surface area (Å²) in [5, 5.41) is 15.1. The molecule has 0 saturated heterocycles. The third-order valence-electron chi connectivity index (χ3n) is 4.74. The lowest BCUT2D eigenvalue weighted by atomic mass is 10.0. The van der Waals surface area contributed by atoms with Gasteiger partial charge in [-0.15, -0.1) is 0 Å². The fourth-order valence-electron chi connectivity index (χ4n) is 3.29. The number of nitrogens with zero attached hydrogens (tertiary/aromatic N) is 2. The molecule has 1 unspecified atom stereocenters. The van der Waals surface area contributed by atoms with E-state index < -0.39 is 5.82 Å². The van der Waals surface area contributed by atoms with Gasteiger partial charge in [-0.3, -0.25) is 5.41 Å². The summed E-state index contributed by atoms with van der Waals surface area (Å²) in [5.74, 6) is 0.880. The number of nitrogens with two attached hydrogens (primary N) is 1. The number of anilines is 2. The van der Waals surface area contributed by atoms with Crippen molar-refractivity contribution >= 4 is 17.3 Å². The molecule has 162 valence electrons. The molecule has 1 heterocycles. The fourth-order valence-corrected chi connectivity index (χ4v) is 3.29. The topological polar surface area (TPSA) is 109 Å². The maximum atomic E-state index is 14.9. The number of benzene rings is 2. The summed E-state index contributed by atoms with van der Waals surface area (Å²) in [6.07, 6.45) is 3.21. The molecule has 0 aliphatic rings. The number of hydrogen-bond donors (Lipinski definition) is 4. The number of nitrogen functional groups attached to an aromatic ring is 1. The van der Waals surface area contributed by atoms with Crippen LogP contribution in [0.4, 0.5) is 16.0 Å². The minimum atomic E-state index is -0.590. The zero-order chi connectivity index (χ0) is 22.2. The summed E-state index contributed by atoms with van der Waals surface area (Å²) in [6, 6.07) is 13.6.